The fourth-order valence-electron chi connectivity index (χ4n) is 2.84. The summed E-state index contributed by atoms with van der Waals surface area (Å²) in [7, 11) is 3.34. The van der Waals surface area contributed by atoms with Crippen LogP contribution < -0.4 is 15.4 Å². The number of methoxy groups -OCH3 is 1. The number of hydrogen-bond donors (Lipinski definition) is 2. The van der Waals surface area contributed by atoms with Crippen LogP contribution in [0.1, 0.15) is 29.1 Å². The Morgan fingerprint density at radius 2 is 1.87 bits per heavy atom. The van der Waals surface area contributed by atoms with Crippen molar-refractivity contribution < 1.29 is 14.3 Å². The van der Waals surface area contributed by atoms with E-state index in [1.807, 2.05) is 19.1 Å². The molecule has 0 aliphatic heterocycles. The molecular formula is C21H22ClN5O3S. The monoisotopic (exact) mass is 459 g/mol. The lowest BCUT2D eigenvalue weighted by Crippen LogP contribution is -2.28. The summed E-state index contributed by atoms with van der Waals surface area (Å²) in [4.78, 5) is 24.7. The molecule has 0 fully saturated rings. The van der Waals surface area contributed by atoms with E-state index < -0.39 is 0 Å². The van der Waals surface area contributed by atoms with Crippen LogP contribution in [0.4, 0.5) is 5.69 Å². The molecule has 1 aromatic heterocycles. The molecule has 3 aromatic rings. The van der Waals surface area contributed by atoms with Gasteiger partial charge in [0, 0.05) is 17.6 Å². The summed E-state index contributed by atoms with van der Waals surface area (Å²) in [6.45, 7) is 1.82. The minimum atomic E-state index is -0.377. The van der Waals surface area contributed by atoms with Gasteiger partial charge in [0.25, 0.3) is 5.91 Å². The predicted molar refractivity (Wildman–Crippen MR) is 121 cm³/mol. The maximum absolute atomic E-state index is 12.4. The highest BCUT2D eigenvalue weighted by Gasteiger charge is 2.19. The average molecular weight is 460 g/mol. The molecule has 0 aliphatic carbocycles. The predicted octanol–water partition coefficient (Wildman–Crippen LogP) is 3.70. The molecule has 1 heterocycles. The van der Waals surface area contributed by atoms with Gasteiger partial charge in [0.15, 0.2) is 11.0 Å². The molecule has 0 bridgehead atoms. The van der Waals surface area contributed by atoms with Crippen LogP contribution in [0.25, 0.3) is 0 Å². The molecule has 3 rings (SSSR count). The first-order chi connectivity index (χ1) is 14.9. The SMILES string of the molecule is COc1ccccc1NC(=O)CSc1nnc([C@@H](C)NC(=O)c2ccc(Cl)cc2)n1C. The van der Waals surface area contributed by atoms with E-state index in [4.69, 9.17) is 16.3 Å². The van der Waals surface area contributed by atoms with E-state index in [1.54, 1.807) is 55.1 Å². The number of rotatable bonds is 8. The minimum absolute atomic E-state index is 0.148. The van der Waals surface area contributed by atoms with Crippen molar-refractivity contribution in [1.82, 2.24) is 20.1 Å². The number of thioether (sulfide) groups is 1. The van der Waals surface area contributed by atoms with Crippen molar-refractivity contribution >= 4 is 40.9 Å². The molecule has 31 heavy (non-hydrogen) atoms. The number of amides is 2. The average Bonchev–Trinajstić information content (AvgIpc) is 3.13. The number of benzene rings is 2. The lowest BCUT2D eigenvalue weighted by Gasteiger charge is -2.14. The van der Waals surface area contributed by atoms with Gasteiger partial charge in [-0.05, 0) is 43.3 Å². The zero-order chi connectivity index (χ0) is 22.4. The molecule has 2 amide bonds. The van der Waals surface area contributed by atoms with E-state index in [-0.39, 0.29) is 23.6 Å². The van der Waals surface area contributed by atoms with Gasteiger partial charge in [0.05, 0.1) is 24.6 Å². The Morgan fingerprint density at radius 1 is 1.16 bits per heavy atom. The first-order valence-corrected chi connectivity index (χ1v) is 10.8. The second-order valence-electron chi connectivity index (χ2n) is 6.64. The Labute approximate surface area is 189 Å². The number of nitrogens with one attached hydrogen (secondary N) is 2. The van der Waals surface area contributed by atoms with Crippen LogP contribution in [-0.2, 0) is 11.8 Å². The van der Waals surface area contributed by atoms with Crippen LogP contribution in [-0.4, -0.2) is 39.4 Å². The van der Waals surface area contributed by atoms with Gasteiger partial charge in [-0.2, -0.15) is 0 Å². The van der Waals surface area contributed by atoms with Crippen LogP contribution in [0.15, 0.2) is 53.7 Å². The van der Waals surface area contributed by atoms with Crippen molar-refractivity contribution in [3.8, 4) is 5.75 Å². The fourth-order valence-corrected chi connectivity index (χ4v) is 3.68. The maximum Gasteiger partial charge on any atom is 0.251 e. The summed E-state index contributed by atoms with van der Waals surface area (Å²) in [5.74, 6) is 0.887. The highest BCUT2D eigenvalue weighted by Crippen LogP contribution is 2.24. The number of halogens is 1. The number of ether oxygens (including phenoxy) is 1. The van der Waals surface area contributed by atoms with Crippen molar-refractivity contribution in [2.75, 3.05) is 18.2 Å². The topological polar surface area (TPSA) is 98.1 Å². The molecule has 1 atom stereocenters. The number of carbonyl (C=O) groups is 2. The third kappa shape index (κ3) is 5.77. The molecule has 0 unspecified atom stereocenters. The van der Waals surface area contributed by atoms with Gasteiger partial charge in [-0.25, -0.2) is 0 Å². The zero-order valence-corrected chi connectivity index (χ0v) is 18.8. The number of nitrogens with zero attached hydrogens (tertiary/aromatic N) is 3. The van der Waals surface area contributed by atoms with Crippen molar-refractivity contribution in [3.05, 3.63) is 64.9 Å². The summed E-state index contributed by atoms with van der Waals surface area (Å²) < 4.78 is 7.00. The van der Waals surface area contributed by atoms with E-state index in [9.17, 15) is 9.59 Å². The van der Waals surface area contributed by atoms with E-state index in [1.165, 1.54) is 11.8 Å². The van der Waals surface area contributed by atoms with Crippen LogP contribution in [0.3, 0.4) is 0 Å². The summed E-state index contributed by atoms with van der Waals surface area (Å²) in [5, 5.41) is 15.2. The Balaban J connectivity index is 1.58. The molecule has 8 nitrogen and oxygen atoms in total. The van der Waals surface area contributed by atoms with E-state index >= 15 is 0 Å². The largest absolute Gasteiger partial charge is 0.495 e. The standard InChI is InChI=1S/C21H22ClN5O3S/c1-13(23-20(29)14-8-10-15(22)11-9-14)19-25-26-21(27(19)2)31-12-18(28)24-16-6-4-5-7-17(16)30-3/h4-11,13H,12H2,1-3H3,(H,23,29)(H,24,28)/t13-/m1/s1. The van der Waals surface area contributed by atoms with Gasteiger partial charge in [-0.1, -0.05) is 35.5 Å². The lowest BCUT2D eigenvalue weighted by molar-refractivity contribution is -0.113. The second kappa shape index (κ2) is 10.3. The molecule has 2 N–H and O–H groups in total. The molecule has 0 spiro atoms. The fraction of sp³-hybridized carbons (Fsp3) is 0.238. The van der Waals surface area contributed by atoms with E-state index in [2.05, 4.69) is 20.8 Å². The minimum Gasteiger partial charge on any atom is -0.495 e. The number of anilines is 1. The lowest BCUT2D eigenvalue weighted by atomic mass is 10.2. The van der Waals surface area contributed by atoms with E-state index in [0.717, 1.165) is 0 Å². The second-order valence-corrected chi connectivity index (χ2v) is 8.02. The first kappa shape index (κ1) is 22.6. The molecule has 0 radical (unpaired) electrons. The molecule has 0 saturated carbocycles. The van der Waals surface area contributed by atoms with Gasteiger partial charge in [-0.3, -0.25) is 9.59 Å². The number of para-hydroxylation sites is 2. The Bertz CT molecular complexity index is 1070. The van der Waals surface area contributed by atoms with Crippen LogP contribution in [0.2, 0.25) is 5.02 Å². The smallest absolute Gasteiger partial charge is 0.251 e. The molecule has 2 aromatic carbocycles. The highest BCUT2D eigenvalue weighted by molar-refractivity contribution is 7.99. The number of hydrogen-bond acceptors (Lipinski definition) is 6. The van der Waals surface area contributed by atoms with Gasteiger partial charge in [0.2, 0.25) is 5.91 Å². The zero-order valence-electron chi connectivity index (χ0n) is 17.3. The molecule has 0 aliphatic rings. The molecule has 10 heteroatoms. The van der Waals surface area contributed by atoms with Crippen molar-refractivity contribution in [2.24, 2.45) is 7.05 Å². The third-order valence-electron chi connectivity index (χ3n) is 4.42. The molecule has 0 saturated heterocycles. The van der Waals surface area contributed by atoms with Gasteiger partial charge >= 0.3 is 0 Å². The molecular weight excluding hydrogens is 438 g/mol. The highest BCUT2D eigenvalue weighted by atomic mass is 35.5. The van der Waals surface area contributed by atoms with Gasteiger partial charge < -0.3 is 19.9 Å². The third-order valence-corrected chi connectivity index (χ3v) is 5.70. The van der Waals surface area contributed by atoms with Crippen LogP contribution in [0.5, 0.6) is 5.75 Å². The van der Waals surface area contributed by atoms with Gasteiger partial charge in [0.1, 0.15) is 5.75 Å². The Morgan fingerprint density at radius 3 is 2.58 bits per heavy atom. The summed E-state index contributed by atoms with van der Waals surface area (Å²) in [5.41, 5.74) is 1.11. The van der Waals surface area contributed by atoms with E-state index in [0.29, 0.717) is 33.0 Å². The van der Waals surface area contributed by atoms with Crippen molar-refractivity contribution in [2.45, 2.75) is 18.1 Å². The van der Waals surface area contributed by atoms with Crippen molar-refractivity contribution in [3.63, 3.8) is 0 Å². The van der Waals surface area contributed by atoms with Crippen molar-refractivity contribution in [1.29, 1.82) is 0 Å². The molecule has 162 valence electrons. The van der Waals surface area contributed by atoms with Gasteiger partial charge in [-0.15, -0.1) is 10.2 Å². The van der Waals surface area contributed by atoms with Crippen LogP contribution >= 0.6 is 23.4 Å². The quantitative estimate of drug-likeness (QED) is 0.498. The summed E-state index contributed by atoms with van der Waals surface area (Å²) in [6.07, 6.45) is 0. The Hall–Kier alpha value is -3.04. The normalized spacial score (nSPS) is 11.6. The number of aromatic nitrogens is 3. The summed E-state index contributed by atoms with van der Waals surface area (Å²) in [6, 6.07) is 13.5. The first-order valence-electron chi connectivity index (χ1n) is 9.40. The Kier molecular flexibility index (Phi) is 7.54. The summed E-state index contributed by atoms with van der Waals surface area (Å²) >= 11 is 7.12. The maximum atomic E-state index is 12.4. The van der Waals surface area contributed by atoms with Crippen LogP contribution in [0, 0.1) is 0 Å². The number of carbonyl (C=O) groups excluding carboxylic acids is 2.